The summed E-state index contributed by atoms with van der Waals surface area (Å²) in [5.74, 6) is 0.836. The van der Waals surface area contributed by atoms with Crippen LogP contribution in [0.1, 0.15) is 18.9 Å². The predicted molar refractivity (Wildman–Crippen MR) is 67.1 cm³/mol. The molecule has 0 aromatic carbocycles. The van der Waals surface area contributed by atoms with Crippen LogP contribution in [0.4, 0.5) is 11.6 Å². The molecule has 6 nitrogen and oxygen atoms in total. The van der Waals surface area contributed by atoms with E-state index in [1.54, 1.807) is 6.20 Å². The van der Waals surface area contributed by atoms with Crippen LogP contribution in [0.2, 0.25) is 0 Å². The van der Waals surface area contributed by atoms with E-state index in [1.165, 1.54) is 16.0 Å². The third-order valence-corrected chi connectivity index (χ3v) is 2.92. The lowest BCUT2D eigenvalue weighted by atomic mass is 10.3. The molecule has 0 saturated heterocycles. The summed E-state index contributed by atoms with van der Waals surface area (Å²) in [6, 6.07) is 2.06. The molecule has 0 amide bonds. The molecule has 88 valence electrons. The summed E-state index contributed by atoms with van der Waals surface area (Å²) in [5, 5.41) is 18.9. The third kappa shape index (κ3) is 2.07. The molecule has 17 heavy (non-hydrogen) atoms. The lowest BCUT2D eigenvalue weighted by Crippen LogP contribution is -2.03. The van der Waals surface area contributed by atoms with Gasteiger partial charge in [0, 0.05) is 18.1 Å². The highest BCUT2D eigenvalue weighted by Gasteiger charge is 2.17. The molecule has 2 heterocycles. The Hall–Kier alpha value is -2.07. The standard InChI is InChI=1S/C10H12N6S/c1-2-3-13-9-7(6-11)8(12)16(15-9)10-14-4-5-17-10/h4-5H,2-3,12H2,1H3,(H,13,15). The van der Waals surface area contributed by atoms with Gasteiger partial charge < -0.3 is 11.1 Å². The Bertz CT molecular complexity index is 536. The van der Waals surface area contributed by atoms with E-state index in [9.17, 15) is 0 Å². The van der Waals surface area contributed by atoms with Crippen LogP contribution in [0.25, 0.3) is 5.13 Å². The van der Waals surface area contributed by atoms with Gasteiger partial charge >= 0.3 is 0 Å². The normalized spacial score (nSPS) is 10.1. The summed E-state index contributed by atoms with van der Waals surface area (Å²) in [6.07, 6.45) is 2.63. The van der Waals surface area contributed by atoms with Crippen LogP contribution in [0.15, 0.2) is 11.6 Å². The van der Waals surface area contributed by atoms with Gasteiger partial charge in [-0.25, -0.2) is 4.98 Å². The largest absolute Gasteiger partial charge is 0.382 e. The molecule has 0 aliphatic carbocycles. The van der Waals surface area contributed by atoms with Crippen LogP contribution in [0.5, 0.6) is 0 Å². The Morgan fingerprint density at radius 2 is 2.47 bits per heavy atom. The lowest BCUT2D eigenvalue weighted by Gasteiger charge is -1.98. The molecular weight excluding hydrogens is 236 g/mol. The van der Waals surface area contributed by atoms with Gasteiger partial charge in [-0.05, 0) is 6.42 Å². The molecule has 0 unspecified atom stereocenters. The van der Waals surface area contributed by atoms with Crippen LogP contribution >= 0.6 is 11.3 Å². The van der Waals surface area contributed by atoms with Gasteiger partial charge in [0.25, 0.3) is 0 Å². The van der Waals surface area contributed by atoms with E-state index in [2.05, 4.69) is 21.5 Å². The molecule has 0 atom stereocenters. The molecule has 3 N–H and O–H groups in total. The zero-order valence-corrected chi connectivity index (χ0v) is 10.2. The minimum atomic E-state index is 0.320. The van der Waals surface area contributed by atoms with Crippen molar-refractivity contribution in [3.05, 3.63) is 17.1 Å². The third-order valence-electron chi connectivity index (χ3n) is 2.18. The average Bonchev–Trinajstić information content (AvgIpc) is 2.94. The second-order valence-corrected chi connectivity index (χ2v) is 4.25. The second-order valence-electron chi connectivity index (χ2n) is 3.37. The molecule has 2 rings (SSSR count). The van der Waals surface area contributed by atoms with Crippen molar-refractivity contribution in [3.63, 3.8) is 0 Å². The quantitative estimate of drug-likeness (QED) is 0.857. The van der Waals surface area contributed by atoms with Crippen molar-refractivity contribution in [2.45, 2.75) is 13.3 Å². The minimum absolute atomic E-state index is 0.320. The predicted octanol–water partition coefficient (Wildman–Crippen LogP) is 1.60. The van der Waals surface area contributed by atoms with Gasteiger partial charge in [0.1, 0.15) is 17.5 Å². The summed E-state index contributed by atoms with van der Waals surface area (Å²) in [5.41, 5.74) is 6.25. The highest BCUT2D eigenvalue weighted by atomic mass is 32.1. The maximum Gasteiger partial charge on any atom is 0.212 e. The maximum absolute atomic E-state index is 9.07. The van der Waals surface area contributed by atoms with E-state index in [-0.39, 0.29) is 0 Å². The Morgan fingerprint density at radius 1 is 1.65 bits per heavy atom. The van der Waals surface area contributed by atoms with Crippen molar-refractivity contribution in [2.24, 2.45) is 0 Å². The van der Waals surface area contributed by atoms with E-state index < -0.39 is 0 Å². The molecule has 2 aromatic rings. The number of nitrogens with zero attached hydrogens (tertiary/aromatic N) is 4. The molecule has 0 radical (unpaired) electrons. The number of nitrogen functional groups attached to an aromatic ring is 1. The number of hydrogen-bond acceptors (Lipinski definition) is 6. The van der Waals surface area contributed by atoms with E-state index in [4.69, 9.17) is 11.0 Å². The first-order chi connectivity index (χ1) is 8.27. The highest BCUT2D eigenvalue weighted by molar-refractivity contribution is 7.12. The van der Waals surface area contributed by atoms with Gasteiger partial charge in [-0.3, -0.25) is 0 Å². The van der Waals surface area contributed by atoms with E-state index >= 15 is 0 Å². The number of aromatic nitrogens is 3. The van der Waals surface area contributed by atoms with Crippen molar-refractivity contribution in [1.82, 2.24) is 14.8 Å². The van der Waals surface area contributed by atoms with Gasteiger partial charge in [0.2, 0.25) is 5.13 Å². The van der Waals surface area contributed by atoms with Crippen LogP contribution in [-0.4, -0.2) is 21.3 Å². The minimum Gasteiger partial charge on any atom is -0.382 e. The molecule has 0 saturated carbocycles. The number of nitrogens with two attached hydrogens (primary N) is 1. The van der Waals surface area contributed by atoms with Crippen molar-refractivity contribution >= 4 is 23.0 Å². The Kier molecular flexibility index (Phi) is 3.25. The SMILES string of the molecule is CCCNc1nn(-c2nccs2)c(N)c1C#N. The van der Waals surface area contributed by atoms with Gasteiger partial charge in [0.05, 0.1) is 0 Å². The Labute approximate surface area is 103 Å². The fourth-order valence-corrected chi connectivity index (χ4v) is 1.98. The smallest absolute Gasteiger partial charge is 0.212 e. The molecule has 7 heteroatoms. The fourth-order valence-electron chi connectivity index (χ4n) is 1.37. The summed E-state index contributed by atoms with van der Waals surface area (Å²) in [4.78, 5) is 4.12. The molecule has 2 aromatic heterocycles. The van der Waals surface area contributed by atoms with E-state index in [0.29, 0.717) is 22.3 Å². The summed E-state index contributed by atoms with van der Waals surface area (Å²) in [6.45, 7) is 2.79. The molecule has 0 spiro atoms. The summed E-state index contributed by atoms with van der Waals surface area (Å²) >= 11 is 1.42. The van der Waals surface area contributed by atoms with Gasteiger partial charge in [-0.1, -0.05) is 6.92 Å². The Balaban J connectivity index is 2.42. The zero-order chi connectivity index (χ0) is 12.3. The van der Waals surface area contributed by atoms with Crippen LogP contribution < -0.4 is 11.1 Å². The number of rotatable bonds is 4. The van der Waals surface area contributed by atoms with Gasteiger partial charge in [0.15, 0.2) is 5.82 Å². The first kappa shape index (κ1) is 11.4. The number of nitrogens with one attached hydrogen (secondary N) is 1. The maximum atomic E-state index is 9.07. The van der Waals surface area contributed by atoms with Crippen molar-refractivity contribution in [1.29, 1.82) is 5.26 Å². The van der Waals surface area contributed by atoms with Gasteiger partial charge in [-0.15, -0.1) is 16.4 Å². The molecular formula is C10H12N6S. The second kappa shape index (κ2) is 4.84. The highest BCUT2D eigenvalue weighted by Crippen LogP contribution is 2.24. The monoisotopic (exact) mass is 248 g/mol. The topological polar surface area (TPSA) is 92.6 Å². The van der Waals surface area contributed by atoms with Crippen molar-refractivity contribution < 1.29 is 0 Å². The summed E-state index contributed by atoms with van der Waals surface area (Å²) in [7, 11) is 0. The lowest BCUT2D eigenvalue weighted by molar-refractivity contribution is 0.871. The average molecular weight is 248 g/mol. The Morgan fingerprint density at radius 3 is 3.06 bits per heavy atom. The summed E-state index contributed by atoms with van der Waals surface area (Å²) < 4.78 is 1.49. The first-order valence-electron chi connectivity index (χ1n) is 5.20. The van der Waals surface area contributed by atoms with Crippen LogP contribution in [0, 0.1) is 11.3 Å². The van der Waals surface area contributed by atoms with E-state index in [1.807, 2.05) is 12.3 Å². The molecule has 0 fully saturated rings. The van der Waals surface area contributed by atoms with Crippen LogP contribution in [0.3, 0.4) is 0 Å². The number of anilines is 2. The zero-order valence-electron chi connectivity index (χ0n) is 9.34. The van der Waals surface area contributed by atoms with E-state index in [0.717, 1.165) is 13.0 Å². The molecule has 0 aliphatic heterocycles. The fraction of sp³-hybridized carbons (Fsp3) is 0.300. The first-order valence-corrected chi connectivity index (χ1v) is 6.08. The van der Waals surface area contributed by atoms with Gasteiger partial charge in [-0.2, -0.15) is 9.94 Å². The molecule has 0 bridgehead atoms. The van der Waals surface area contributed by atoms with Crippen molar-refractivity contribution in [3.8, 4) is 11.2 Å². The molecule has 0 aliphatic rings. The van der Waals surface area contributed by atoms with Crippen LogP contribution in [-0.2, 0) is 0 Å². The number of thiazole rings is 1. The number of nitriles is 1. The van der Waals surface area contributed by atoms with Crippen molar-refractivity contribution in [2.75, 3.05) is 17.6 Å². The number of hydrogen-bond donors (Lipinski definition) is 2.